The average molecular weight is 328 g/mol. The van der Waals surface area contributed by atoms with Gasteiger partial charge in [0, 0.05) is 23.3 Å². The standard InChI is InChI=1S/C16H16N4S2/c1-11-3-5-14(6-4-11)18-15-19-20-16(22-15)21-12(2)13-7-9-17-10-8-13/h3-10,12H,1-2H3,(H,18,19). The first-order chi connectivity index (χ1) is 10.7. The largest absolute Gasteiger partial charge is 0.330 e. The van der Waals surface area contributed by atoms with Gasteiger partial charge in [-0.2, -0.15) is 0 Å². The third-order valence-corrected chi connectivity index (χ3v) is 5.24. The van der Waals surface area contributed by atoms with E-state index < -0.39 is 0 Å². The van der Waals surface area contributed by atoms with E-state index in [1.165, 1.54) is 11.1 Å². The molecule has 0 amide bonds. The molecule has 1 N–H and O–H groups in total. The van der Waals surface area contributed by atoms with Crippen molar-refractivity contribution in [3.8, 4) is 0 Å². The number of benzene rings is 1. The summed E-state index contributed by atoms with van der Waals surface area (Å²) in [4.78, 5) is 4.05. The number of aryl methyl sites for hydroxylation is 1. The molecule has 0 spiro atoms. The summed E-state index contributed by atoms with van der Waals surface area (Å²) in [5, 5.41) is 12.9. The Morgan fingerprint density at radius 1 is 1.05 bits per heavy atom. The Kier molecular flexibility index (Phi) is 4.70. The van der Waals surface area contributed by atoms with E-state index in [4.69, 9.17) is 0 Å². The zero-order chi connectivity index (χ0) is 15.4. The molecule has 0 radical (unpaired) electrons. The summed E-state index contributed by atoms with van der Waals surface area (Å²) in [6, 6.07) is 12.3. The van der Waals surface area contributed by atoms with E-state index in [0.29, 0.717) is 5.25 Å². The zero-order valence-electron chi connectivity index (χ0n) is 12.4. The number of thioether (sulfide) groups is 1. The molecule has 1 atom stereocenters. The van der Waals surface area contributed by atoms with E-state index in [0.717, 1.165) is 15.2 Å². The van der Waals surface area contributed by atoms with Crippen molar-refractivity contribution in [3.63, 3.8) is 0 Å². The molecule has 22 heavy (non-hydrogen) atoms. The van der Waals surface area contributed by atoms with Gasteiger partial charge in [0.1, 0.15) is 0 Å². The van der Waals surface area contributed by atoms with Crippen LogP contribution in [0.1, 0.15) is 23.3 Å². The van der Waals surface area contributed by atoms with Gasteiger partial charge in [-0.05, 0) is 43.7 Å². The minimum Gasteiger partial charge on any atom is -0.330 e. The number of nitrogens with one attached hydrogen (secondary N) is 1. The summed E-state index contributed by atoms with van der Waals surface area (Å²) in [7, 11) is 0. The summed E-state index contributed by atoms with van der Waals surface area (Å²) in [6.45, 7) is 4.23. The number of hydrogen-bond acceptors (Lipinski definition) is 6. The molecule has 0 bridgehead atoms. The predicted molar refractivity (Wildman–Crippen MR) is 92.9 cm³/mol. The maximum Gasteiger partial charge on any atom is 0.210 e. The van der Waals surface area contributed by atoms with Crippen LogP contribution in [0.25, 0.3) is 0 Å². The Morgan fingerprint density at radius 2 is 1.77 bits per heavy atom. The smallest absolute Gasteiger partial charge is 0.210 e. The minimum atomic E-state index is 0.322. The molecule has 3 aromatic rings. The highest BCUT2D eigenvalue weighted by Crippen LogP contribution is 2.37. The van der Waals surface area contributed by atoms with Crippen molar-refractivity contribution < 1.29 is 0 Å². The quantitative estimate of drug-likeness (QED) is 0.679. The van der Waals surface area contributed by atoms with E-state index in [9.17, 15) is 0 Å². The highest BCUT2D eigenvalue weighted by atomic mass is 32.2. The molecule has 112 valence electrons. The molecule has 1 unspecified atom stereocenters. The van der Waals surface area contributed by atoms with Crippen LogP contribution in [0.2, 0.25) is 0 Å². The van der Waals surface area contributed by atoms with E-state index in [1.807, 2.05) is 36.7 Å². The second-order valence-corrected chi connectivity index (χ2v) is 7.47. The van der Waals surface area contributed by atoms with Gasteiger partial charge >= 0.3 is 0 Å². The SMILES string of the molecule is Cc1ccc(Nc2nnc(SC(C)c3ccncc3)s2)cc1. The Bertz CT molecular complexity index is 725. The van der Waals surface area contributed by atoms with Crippen LogP contribution in [-0.4, -0.2) is 15.2 Å². The lowest BCUT2D eigenvalue weighted by molar-refractivity contribution is 1.00. The molecule has 0 saturated heterocycles. The highest BCUT2D eigenvalue weighted by molar-refractivity contribution is 8.01. The number of anilines is 2. The zero-order valence-corrected chi connectivity index (χ0v) is 14.0. The Morgan fingerprint density at radius 3 is 2.50 bits per heavy atom. The molecular weight excluding hydrogens is 312 g/mol. The van der Waals surface area contributed by atoms with Crippen LogP contribution in [0.15, 0.2) is 53.1 Å². The Hall–Kier alpha value is -1.92. The van der Waals surface area contributed by atoms with Gasteiger partial charge in [0.05, 0.1) is 0 Å². The number of aromatic nitrogens is 3. The van der Waals surface area contributed by atoms with Gasteiger partial charge in [-0.1, -0.05) is 40.8 Å². The van der Waals surface area contributed by atoms with Crippen LogP contribution in [0.5, 0.6) is 0 Å². The Labute approximate surface area is 138 Å². The molecule has 0 aliphatic rings. The molecule has 0 saturated carbocycles. The lowest BCUT2D eigenvalue weighted by atomic mass is 10.2. The molecule has 0 aliphatic heterocycles. The van der Waals surface area contributed by atoms with Crippen LogP contribution in [0.4, 0.5) is 10.8 Å². The summed E-state index contributed by atoms with van der Waals surface area (Å²) in [5.74, 6) is 0. The van der Waals surface area contributed by atoms with E-state index in [2.05, 4.69) is 46.5 Å². The summed E-state index contributed by atoms with van der Waals surface area (Å²) < 4.78 is 0.957. The number of hydrogen-bond donors (Lipinski definition) is 1. The fourth-order valence-electron chi connectivity index (χ4n) is 1.92. The maximum absolute atomic E-state index is 4.25. The minimum absolute atomic E-state index is 0.322. The van der Waals surface area contributed by atoms with Crippen molar-refractivity contribution in [1.82, 2.24) is 15.2 Å². The highest BCUT2D eigenvalue weighted by Gasteiger charge is 2.11. The van der Waals surface area contributed by atoms with Crippen LogP contribution in [0.3, 0.4) is 0 Å². The Balaban J connectivity index is 1.65. The van der Waals surface area contributed by atoms with Crippen LogP contribution in [0, 0.1) is 6.92 Å². The van der Waals surface area contributed by atoms with Crippen molar-refractivity contribution >= 4 is 33.9 Å². The van der Waals surface area contributed by atoms with Gasteiger partial charge in [-0.25, -0.2) is 0 Å². The first-order valence-corrected chi connectivity index (χ1v) is 8.64. The molecule has 0 fully saturated rings. The first kappa shape index (κ1) is 15.0. The lowest BCUT2D eigenvalue weighted by Crippen LogP contribution is -1.89. The fraction of sp³-hybridized carbons (Fsp3) is 0.188. The van der Waals surface area contributed by atoms with Crippen molar-refractivity contribution in [2.24, 2.45) is 0 Å². The number of nitrogens with zero attached hydrogens (tertiary/aromatic N) is 3. The maximum atomic E-state index is 4.25. The van der Waals surface area contributed by atoms with Gasteiger partial charge in [-0.15, -0.1) is 10.2 Å². The third-order valence-electron chi connectivity index (χ3n) is 3.16. The summed E-state index contributed by atoms with van der Waals surface area (Å²) in [6.07, 6.45) is 3.63. The second kappa shape index (κ2) is 6.89. The average Bonchev–Trinajstić information content (AvgIpc) is 2.97. The first-order valence-electron chi connectivity index (χ1n) is 6.94. The molecule has 2 heterocycles. The molecular formula is C16H16N4S2. The molecule has 2 aromatic heterocycles. The van der Waals surface area contributed by atoms with Crippen LogP contribution in [-0.2, 0) is 0 Å². The van der Waals surface area contributed by atoms with E-state index in [-0.39, 0.29) is 0 Å². The van der Waals surface area contributed by atoms with Crippen molar-refractivity contribution in [1.29, 1.82) is 0 Å². The van der Waals surface area contributed by atoms with Gasteiger partial charge in [-0.3, -0.25) is 4.98 Å². The van der Waals surface area contributed by atoms with Crippen molar-refractivity contribution in [2.75, 3.05) is 5.32 Å². The molecule has 6 heteroatoms. The molecule has 4 nitrogen and oxygen atoms in total. The fourth-order valence-corrected chi connectivity index (χ4v) is 3.97. The molecule has 3 rings (SSSR count). The molecule has 1 aromatic carbocycles. The van der Waals surface area contributed by atoms with Gasteiger partial charge in [0.25, 0.3) is 0 Å². The number of pyridine rings is 1. The number of rotatable bonds is 5. The lowest BCUT2D eigenvalue weighted by Gasteiger charge is -2.07. The second-order valence-electron chi connectivity index (χ2n) is 4.90. The monoisotopic (exact) mass is 328 g/mol. The van der Waals surface area contributed by atoms with Gasteiger partial charge < -0.3 is 5.32 Å². The third kappa shape index (κ3) is 3.84. The van der Waals surface area contributed by atoms with Crippen LogP contribution < -0.4 is 5.32 Å². The van der Waals surface area contributed by atoms with E-state index in [1.54, 1.807) is 23.1 Å². The normalized spacial score (nSPS) is 12.1. The molecule has 0 aliphatic carbocycles. The van der Waals surface area contributed by atoms with Crippen molar-refractivity contribution in [2.45, 2.75) is 23.4 Å². The topological polar surface area (TPSA) is 50.7 Å². The van der Waals surface area contributed by atoms with E-state index >= 15 is 0 Å². The summed E-state index contributed by atoms with van der Waals surface area (Å²) in [5.41, 5.74) is 3.51. The van der Waals surface area contributed by atoms with Crippen LogP contribution >= 0.6 is 23.1 Å². The van der Waals surface area contributed by atoms with Gasteiger partial charge in [0.2, 0.25) is 5.13 Å². The van der Waals surface area contributed by atoms with Gasteiger partial charge in [0.15, 0.2) is 4.34 Å². The summed E-state index contributed by atoms with van der Waals surface area (Å²) >= 11 is 3.28. The predicted octanol–water partition coefficient (Wildman–Crippen LogP) is 4.84. The van der Waals surface area contributed by atoms with Crippen molar-refractivity contribution in [3.05, 3.63) is 59.9 Å².